The minimum atomic E-state index is 0.445. The third-order valence-corrected chi connectivity index (χ3v) is 1.26. The predicted octanol–water partition coefficient (Wildman–Crippen LogP) is 0.614. The summed E-state index contributed by atoms with van der Waals surface area (Å²) >= 11 is 5.48. The molecule has 1 rings (SSSR count). The largest absolute Gasteiger partial charge is 0.261 e. The van der Waals surface area contributed by atoms with Crippen molar-refractivity contribution in [1.29, 1.82) is 0 Å². The number of hydrogen-bond acceptors (Lipinski definition) is 1. The molecule has 2 radical (unpaired) electrons. The molecular weight excluding hydrogens is 132 g/mol. The zero-order valence-corrected chi connectivity index (χ0v) is 5.60. The van der Waals surface area contributed by atoms with E-state index in [-0.39, 0.29) is 0 Å². The van der Waals surface area contributed by atoms with Crippen LogP contribution in [0.3, 0.4) is 0 Å². The van der Waals surface area contributed by atoms with E-state index in [1.54, 1.807) is 12.3 Å². The van der Waals surface area contributed by atoms with Gasteiger partial charge in [0.1, 0.15) is 7.85 Å². The summed E-state index contributed by atoms with van der Waals surface area (Å²) in [6, 6.07) is 3.59. The monoisotopic (exact) mass is 137 g/mol. The second kappa shape index (κ2) is 2.88. The second-order valence-corrected chi connectivity index (χ2v) is 1.98. The van der Waals surface area contributed by atoms with Gasteiger partial charge in [-0.25, -0.2) is 0 Å². The second-order valence-electron chi connectivity index (χ2n) is 1.72. The maximum Gasteiger partial charge on any atom is 0.115 e. The highest BCUT2D eigenvalue weighted by atomic mass is 35.5. The highest BCUT2D eigenvalue weighted by Gasteiger charge is 1.87. The molecule has 1 aromatic heterocycles. The van der Waals surface area contributed by atoms with E-state index in [1.165, 1.54) is 0 Å². The van der Waals surface area contributed by atoms with Gasteiger partial charge in [-0.2, -0.15) is 0 Å². The molecule has 0 fully saturated rings. The number of nitrogens with zero attached hydrogens (tertiary/aromatic N) is 1. The van der Waals surface area contributed by atoms with Crippen LogP contribution < -0.4 is 5.46 Å². The maximum absolute atomic E-state index is 5.48. The number of rotatable bonds is 1. The lowest BCUT2D eigenvalue weighted by Gasteiger charge is -1.92. The van der Waals surface area contributed by atoms with Gasteiger partial charge in [-0.1, -0.05) is 11.5 Å². The van der Waals surface area contributed by atoms with Crippen LogP contribution in [-0.4, -0.2) is 12.8 Å². The molecule has 0 amide bonds. The van der Waals surface area contributed by atoms with Gasteiger partial charge in [0.05, 0.1) is 11.6 Å². The summed E-state index contributed by atoms with van der Waals surface area (Å²) in [4.78, 5) is 3.94. The molecule has 0 spiro atoms. The van der Waals surface area contributed by atoms with Crippen LogP contribution in [0.4, 0.5) is 0 Å². The fraction of sp³-hybridized carbons (Fsp3) is 0.167. The van der Waals surface area contributed by atoms with E-state index in [2.05, 4.69) is 4.98 Å². The molecule has 0 saturated heterocycles. The number of pyridine rings is 1. The van der Waals surface area contributed by atoms with Crippen molar-refractivity contribution in [3.63, 3.8) is 0 Å². The normalized spacial score (nSPS) is 9.44. The Morgan fingerprint density at radius 1 is 1.56 bits per heavy atom. The van der Waals surface area contributed by atoms with Crippen LogP contribution in [0.5, 0.6) is 0 Å². The lowest BCUT2D eigenvalue weighted by atomic mass is 9.99. The first kappa shape index (κ1) is 6.62. The van der Waals surface area contributed by atoms with Crippen LogP contribution in [0, 0.1) is 0 Å². The van der Waals surface area contributed by atoms with Gasteiger partial charge in [0.2, 0.25) is 0 Å². The van der Waals surface area contributed by atoms with Crippen molar-refractivity contribution in [2.45, 2.75) is 5.88 Å². The fourth-order valence-electron chi connectivity index (χ4n) is 0.515. The summed E-state index contributed by atoms with van der Waals surface area (Å²) in [6.07, 6.45) is 1.59. The summed E-state index contributed by atoms with van der Waals surface area (Å²) in [5, 5.41) is 0. The van der Waals surface area contributed by atoms with Gasteiger partial charge < -0.3 is 0 Å². The van der Waals surface area contributed by atoms with Crippen molar-refractivity contribution in [3.05, 3.63) is 24.0 Å². The van der Waals surface area contributed by atoms with Crippen molar-refractivity contribution in [1.82, 2.24) is 4.98 Å². The number of alkyl halides is 1. The Labute approximate surface area is 60.5 Å². The van der Waals surface area contributed by atoms with Crippen LogP contribution in [0.1, 0.15) is 5.69 Å². The van der Waals surface area contributed by atoms with E-state index in [1.807, 2.05) is 6.07 Å². The Kier molecular flexibility index (Phi) is 2.12. The molecular formula is C6H5BClN. The third-order valence-electron chi connectivity index (χ3n) is 0.985. The summed E-state index contributed by atoms with van der Waals surface area (Å²) in [5.74, 6) is 0.445. The topological polar surface area (TPSA) is 12.9 Å². The standard InChI is InChI=1S/C6H5BClN/c7-5-1-2-6(3-8)9-4-5/h1-2,4H,3H2. The van der Waals surface area contributed by atoms with Gasteiger partial charge in [-0.05, 0) is 6.07 Å². The van der Waals surface area contributed by atoms with Gasteiger partial charge in [0.15, 0.2) is 0 Å². The first-order valence-electron chi connectivity index (χ1n) is 2.59. The minimum absolute atomic E-state index is 0.445. The van der Waals surface area contributed by atoms with Gasteiger partial charge in [-0.3, -0.25) is 4.98 Å². The summed E-state index contributed by atoms with van der Waals surface area (Å²) in [5.41, 5.74) is 1.52. The van der Waals surface area contributed by atoms with Gasteiger partial charge in [0, 0.05) is 6.20 Å². The molecule has 0 saturated carbocycles. The molecule has 0 aliphatic carbocycles. The van der Waals surface area contributed by atoms with Crippen LogP contribution >= 0.6 is 11.6 Å². The molecule has 44 valence electrons. The zero-order chi connectivity index (χ0) is 6.69. The van der Waals surface area contributed by atoms with Crippen LogP contribution in [-0.2, 0) is 5.88 Å². The van der Waals surface area contributed by atoms with E-state index in [0.29, 0.717) is 11.3 Å². The van der Waals surface area contributed by atoms with Crippen LogP contribution in [0.2, 0.25) is 0 Å². The Balaban J connectivity index is 2.88. The lowest BCUT2D eigenvalue weighted by Crippen LogP contribution is -2.02. The number of hydrogen-bond donors (Lipinski definition) is 0. The SMILES string of the molecule is [B]c1ccc(CCl)nc1. The molecule has 9 heavy (non-hydrogen) atoms. The Bertz CT molecular complexity index is 185. The Morgan fingerprint density at radius 2 is 2.33 bits per heavy atom. The molecule has 0 N–H and O–H groups in total. The van der Waals surface area contributed by atoms with Gasteiger partial charge >= 0.3 is 0 Å². The number of aromatic nitrogens is 1. The molecule has 1 nitrogen and oxygen atoms in total. The lowest BCUT2D eigenvalue weighted by molar-refractivity contribution is 1.18. The van der Waals surface area contributed by atoms with Crippen LogP contribution in [0.15, 0.2) is 18.3 Å². The average molecular weight is 137 g/mol. The predicted molar refractivity (Wildman–Crippen MR) is 39.2 cm³/mol. The van der Waals surface area contributed by atoms with Crippen molar-refractivity contribution < 1.29 is 0 Å². The number of halogens is 1. The van der Waals surface area contributed by atoms with Crippen molar-refractivity contribution in [2.24, 2.45) is 0 Å². The summed E-state index contributed by atoms with van der Waals surface area (Å²) in [6.45, 7) is 0. The molecule has 0 aliphatic heterocycles. The Hall–Kier alpha value is -0.495. The van der Waals surface area contributed by atoms with E-state index in [4.69, 9.17) is 19.4 Å². The highest BCUT2D eigenvalue weighted by molar-refractivity contribution is 6.32. The maximum atomic E-state index is 5.48. The van der Waals surface area contributed by atoms with Crippen molar-refractivity contribution >= 4 is 24.9 Å². The third kappa shape index (κ3) is 1.72. The fourth-order valence-corrected chi connectivity index (χ4v) is 0.673. The van der Waals surface area contributed by atoms with Crippen molar-refractivity contribution in [2.75, 3.05) is 0 Å². The zero-order valence-electron chi connectivity index (χ0n) is 4.84. The molecule has 1 heterocycles. The summed E-state index contributed by atoms with van der Waals surface area (Å²) < 4.78 is 0. The Morgan fingerprint density at radius 3 is 2.78 bits per heavy atom. The molecule has 0 aromatic carbocycles. The first-order chi connectivity index (χ1) is 4.33. The average Bonchev–Trinajstić information content (AvgIpc) is 1.90. The van der Waals surface area contributed by atoms with E-state index < -0.39 is 0 Å². The van der Waals surface area contributed by atoms with Crippen LogP contribution in [0.25, 0.3) is 0 Å². The molecule has 0 atom stereocenters. The molecule has 0 bridgehead atoms. The molecule has 0 aliphatic rings. The van der Waals surface area contributed by atoms with Gasteiger partial charge in [0.25, 0.3) is 0 Å². The molecule has 1 aromatic rings. The quantitative estimate of drug-likeness (QED) is 0.408. The van der Waals surface area contributed by atoms with E-state index in [0.717, 1.165) is 5.69 Å². The molecule has 3 heteroatoms. The van der Waals surface area contributed by atoms with Gasteiger partial charge in [-0.15, -0.1) is 11.6 Å². The smallest absolute Gasteiger partial charge is 0.115 e. The first-order valence-corrected chi connectivity index (χ1v) is 3.13. The van der Waals surface area contributed by atoms with E-state index in [9.17, 15) is 0 Å². The van der Waals surface area contributed by atoms with E-state index >= 15 is 0 Å². The van der Waals surface area contributed by atoms with Crippen molar-refractivity contribution in [3.8, 4) is 0 Å². The molecule has 0 unspecified atom stereocenters. The minimum Gasteiger partial charge on any atom is -0.261 e. The highest BCUT2D eigenvalue weighted by Crippen LogP contribution is 1.94. The summed E-state index contributed by atoms with van der Waals surface area (Å²) in [7, 11) is 5.38.